The number of hydrogen-bond donors (Lipinski definition) is 0. The number of nitriles is 1. The van der Waals surface area contributed by atoms with Crippen LogP contribution >= 0.6 is 0 Å². The van der Waals surface area contributed by atoms with Crippen LogP contribution in [0.3, 0.4) is 0 Å². The van der Waals surface area contributed by atoms with Crippen LogP contribution in [0.1, 0.15) is 15.9 Å². The molecule has 2 aromatic carbocycles. The molecule has 0 aliphatic carbocycles. The largest absolute Gasteiger partial charge is 0.465 e. The maximum absolute atomic E-state index is 11.4. The van der Waals surface area contributed by atoms with E-state index >= 15 is 0 Å². The van der Waals surface area contributed by atoms with Gasteiger partial charge in [-0.3, -0.25) is 0 Å². The van der Waals surface area contributed by atoms with Crippen LogP contribution in [-0.2, 0) is 4.74 Å². The second-order valence-corrected chi connectivity index (χ2v) is 3.69. The van der Waals surface area contributed by atoms with Gasteiger partial charge in [0.1, 0.15) is 0 Å². The lowest BCUT2D eigenvalue weighted by Gasteiger charge is -2.04. The Morgan fingerprint density at radius 3 is 2.83 bits per heavy atom. The Morgan fingerprint density at radius 2 is 2.11 bits per heavy atom. The van der Waals surface area contributed by atoms with Crippen molar-refractivity contribution in [1.82, 2.24) is 0 Å². The third-order valence-electron chi connectivity index (χ3n) is 2.53. The molecule has 3 heteroatoms. The summed E-state index contributed by atoms with van der Waals surface area (Å²) in [7, 11) is 1.34. The standard InChI is InChI=1S/C15H10NO2/c1-18-15(17)14-7-3-6-13(9-14)12-5-2-4-11(8-12)10-16/h2,4-9H,1H3. The van der Waals surface area contributed by atoms with E-state index < -0.39 is 5.97 Å². The van der Waals surface area contributed by atoms with Gasteiger partial charge < -0.3 is 4.74 Å². The van der Waals surface area contributed by atoms with E-state index in [1.807, 2.05) is 6.07 Å². The van der Waals surface area contributed by atoms with E-state index in [0.717, 1.165) is 11.1 Å². The van der Waals surface area contributed by atoms with Crippen molar-refractivity contribution in [3.8, 4) is 17.2 Å². The molecule has 0 aliphatic rings. The summed E-state index contributed by atoms with van der Waals surface area (Å²) in [5.41, 5.74) is 2.72. The molecule has 0 heterocycles. The Balaban J connectivity index is 2.45. The third kappa shape index (κ3) is 2.38. The van der Waals surface area contributed by atoms with Crippen LogP contribution in [0.5, 0.6) is 0 Å². The van der Waals surface area contributed by atoms with Gasteiger partial charge in [0, 0.05) is 0 Å². The minimum absolute atomic E-state index is 0.399. The van der Waals surface area contributed by atoms with Gasteiger partial charge in [0.2, 0.25) is 0 Å². The zero-order valence-electron chi connectivity index (χ0n) is 9.81. The molecule has 0 saturated heterocycles. The van der Waals surface area contributed by atoms with Gasteiger partial charge in [-0.25, -0.2) is 4.79 Å². The molecule has 0 aliphatic heterocycles. The van der Waals surface area contributed by atoms with Crippen molar-refractivity contribution in [1.29, 1.82) is 5.26 Å². The lowest BCUT2D eigenvalue weighted by molar-refractivity contribution is 0.0601. The van der Waals surface area contributed by atoms with Gasteiger partial charge in [0.25, 0.3) is 0 Å². The van der Waals surface area contributed by atoms with Crippen LogP contribution in [0.25, 0.3) is 11.1 Å². The predicted octanol–water partition coefficient (Wildman–Crippen LogP) is 2.81. The first-order valence-electron chi connectivity index (χ1n) is 5.34. The van der Waals surface area contributed by atoms with Crippen molar-refractivity contribution in [2.75, 3.05) is 7.11 Å². The van der Waals surface area contributed by atoms with Gasteiger partial charge in [-0.15, -0.1) is 0 Å². The summed E-state index contributed by atoms with van der Waals surface area (Å²) in [6.45, 7) is 0. The van der Waals surface area contributed by atoms with Crippen molar-refractivity contribution in [3.63, 3.8) is 0 Å². The first-order chi connectivity index (χ1) is 8.74. The van der Waals surface area contributed by atoms with Gasteiger partial charge >= 0.3 is 5.97 Å². The maximum Gasteiger partial charge on any atom is 0.337 e. The molecule has 0 spiro atoms. The van der Waals surface area contributed by atoms with Crippen molar-refractivity contribution in [3.05, 3.63) is 59.7 Å². The minimum atomic E-state index is -0.399. The first-order valence-corrected chi connectivity index (χ1v) is 5.34. The molecule has 0 N–H and O–H groups in total. The quantitative estimate of drug-likeness (QED) is 0.753. The lowest BCUT2D eigenvalue weighted by atomic mass is 10.0. The van der Waals surface area contributed by atoms with Crippen LogP contribution in [0.4, 0.5) is 0 Å². The lowest BCUT2D eigenvalue weighted by Crippen LogP contribution is -2.00. The Morgan fingerprint density at radius 1 is 1.28 bits per heavy atom. The topological polar surface area (TPSA) is 50.1 Å². The van der Waals surface area contributed by atoms with E-state index in [0.29, 0.717) is 11.1 Å². The van der Waals surface area contributed by atoms with Crippen LogP contribution in [0.15, 0.2) is 42.5 Å². The van der Waals surface area contributed by atoms with E-state index in [1.54, 1.807) is 36.4 Å². The molecule has 0 bridgehead atoms. The number of carbonyl (C=O) groups is 1. The van der Waals surface area contributed by atoms with E-state index in [4.69, 9.17) is 5.26 Å². The number of nitrogens with zero attached hydrogens (tertiary/aromatic N) is 1. The smallest absolute Gasteiger partial charge is 0.337 e. The zero-order chi connectivity index (χ0) is 13.0. The number of benzene rings is 2. The predicted molar refractivity (Wildman–Crippen MR) is 66.8 cm³/mol. The molecule has 2 rings (SSSR count). The second kappa shape index (κ2) is 5.15. The van der Waals surface area contributed by atoms with Crippen molar-refractivity contribution in [2.24, 2.45) is 0 Å². The summed E-state index contributed by atoms with van der Waals surface area (Å²) in [4.78, 5) is 11.4. The average Bonchev–Trinajstić information content (AvgIpc) is 2.46. The molecule has 1 radical (unpaired) electrons. The van der Waals surface area contributed by atoms with E-state index in [-0.39, 0.29) is 0 Å². The molecule has 0 unspecified atom stereocenters. The summed E-state index contributed by atoms with van der Waals surface area (Å²) in [5, 5.41) is 8.86. The van der Waals surface area contributed by atoms with Gasteiger partial charge in [-0.2, -0.15) is 5.26 Å². The Labute approximate surface area is 105 Å². The average molecular weight is 236 g/mol. The summed E-state index contributed by atoms with van der Waals surface area (Å²) in [5.74, 6) is -0.399. The molecule has 3 nitrogen and oxygen atoms in total. The van der Waals surface area contributed by atoms with Crippen LogP contribution in [0.2, 0.25) is 0 Å². The highest BCUT2D eigenvalue weighted by Gasteiger charge is 2.07. The molecular formula is C15H10NO2. The molecule has 0 atom stereocenters. The Bertz CT molecular complexity index is 626. The van der Waals surface area contributed by atoms with E-state index in [9.17, 15) is 4.79 Å². The number of rotatable bonds is 2. The fourth-order valence-electron chi connectivity index (χ4n) is 1.64. The number of ether oxygens (including phenoxy) is 1. The normalized spacial score (nSPS) is 9.56. The SMILES string of the molecule is COC(=O)c1c[c]cc(-c2cccc(C#N)c2)c1. The highest BCUT2D eigenvalue weighted by atomic mass is 16.5. The van der Waals surface area contributed by atoms with Crippen molar-refractivity contribution >= 4 is 5.97 Å². The molecule has 18 heavy (non-hydrogen) atoms. The summed E-state index contributed by atoms with van der Waals surface area (Å²) < 4.78 is 4.66. The summed E-state index contributed by atoms with van der Waals surface area (Å²) in [6.07, 6.45) is 0. The van der Waals surface area contributed by atoms with Gasteiger partial charge in [-0.1, -0.05) is 12.1 Å². The molecule has 0 amide bonds. The maximum atomic E-state index is 11.4. The number of carbonyl (C=O) groups excluding carboxylic acids is 1. The van der Waals surface area contributed by atoms with Crippen molar-refractivity contribution < 1.29 is 9.53 Å². The Hall–Kier alpha value is -2.60. The Kier molecular flexibility index (Phi) is 3.40. The number of methoxy groups -OCH3 is 1. The fourth-order valence-corrected chi connectivity index (χ4v) is 1.64. The van der Waals surface area contributed by atoms with Crippen LogP contribution in [-0.4, -0.2) is 13.1 Å². The molecule has 87 valence electrons. The third-order valence-corrected chi connectivity index (χ3v) is 2.53. The van der Waals surface area contributed by atoms with E-state index in [1.165, 1.54) is 7.11 Å². The molecule has 0 aromatic heterocycles. The van der Waals surface area contributed by atoms with Crippen molar-refractivity contribution in [2.45, 2.75) is 0 Å². The van der Waals surface area contributed by atoms with E-state index in [2.05, 4.69) is 16.9 Å². The summed E-state index contributed by atoms with van der Waals surface area (Å²) in [6, 6.07) is 17.2. The minimum Gasteiger partial charge on any atom is -0.465 e. The van der Waals surface area contributed by atoms with Gasteiger partial charge in [0.05, 0.1) is 24.3 Å². The highest BCUT2D eigenvalue weighted by molar-refractivity contribution is 5.90. The first kappa shape index (κ1) is 11.9. The van der Waals surface area contributed by atoms with Gasteiger partial charge in [-0.05, 0) is 47.5 Å². The molecule has 0 fully saturated rings. The highest BCUT2D eigenvalue weighted by Crippen LogP contribution is 2.21. The molecule has 0 saturated carbocycles. The second-order valence-electron chi connectivity index (χ2n) is 3.69. The number of hydrogen-bond acceptors (Lipinski definition) is 3. The van der Waals surface area contributed by atoms with Crippen LogP contribution < -0.4 is 0 Å². The molecule has 2 aromatic rings. The summed E-state index contributed by atoms with van der Waals surface area (Å²) >= 11 is 0. The van der Waals surface area contributed by atoms with Gasteiger partial charge in [0.15, 0.2) is 0 Å². The fraction of sp³-hybridized carbons (Fsp3) is 0.0667. The number of esters is 1. The van der Waals surface area contributed by atoms with Crippen LogP contribution in [0, 0.1) is 17.4 Å². The monoisotopic (exact) mass is 236 g/mol. The molecular weight excluding hydrogens is 226 g/mol. The zero-order valence-corrected chi connectivity index (χ0v) is 9.81.